The molecule has 3 rings (SSSR count). The smallest absolute Gasteiger partial charge is 0.243 e. The number of piperidine rings is 1. The normalized spacial score (nSPS) is 18.6. The van der Waals surface area contributed by atoms with Crippen molar-refractivity contribution in [1.82, 2.24) is 9.62 Å². The Hall–Kier alpha value is -1.77. The highest BCUT2D eigenvalue weighted by atomic mass is 32.2. The van der Waals surface area contributed by atoms with E-state index in [9.17, 15) is 17.6 Å². The van der Waals surface area contributed by atoms with Gasteiger partial charge in [0.1, 0.15) is 5.82 Å². The van der Waals surface area contributed by atoms with Crippen molar-refractivity contribution < 1.29 is 17.6 Å². The molecule has 1 aromatic heterocycles. The van der Waals surface area contributed by atoms with Crippen LogP contribution in [0, 0.1) is 5.82 Å². The van der Waals surface area contributed by atoms with Gasteiger partial charge >= 0.3 is 0 Å². The maximum absolute atomic E-state index is 13.1. The Morgan fingerprint density at radius 3 is 2.69 bits per heavy atom. The lowest BCUT2D eigenvalue weighted by atomic mass is 10.0. The van der Waals surface area contributed by atoms with E-state index in [0.717, 1.165) is 29.9 Å². The minimum absolute atomic E-state index is 0.0600. The summed E-state index contributed by atoms with van der Waals surface area (Å²) in [7, 11) is -3.74. The van der Waals surface area contributed by atoms with Crippen molar-refractivity contribution in [2.45, 2.75) is 43.2 Å². The highest BCUT2D eigenvalue weighted by Gasteiger charge is 2.34. The summed E-state index contributed by atoms with van der Waals surface area (Å²) in [6, 6.07) is 8.31. The quantitative estimate of drug-likeness (QED) is 0.816. The lowest BCUT2D eigenvalue weighted by Crippen LogP contribution is -2.45. The molecule has 1 aliphatic rings. The van der Waals surface area contributed by atoms with E-state index in [2.05, 4.69) is 5.32 Å². The molecule has 1 fully saturated rings. The summed E-state index contributed by atoms with van der Waals surface area (Å²) >= 11 is 1.56. The lowest BCUT2D eigenvalue weighted by Gasteiger charge is -2.34. The number of carbonyl (C=O) groups is 1. The van der Waals surface area contributed by atoms with Crippen molar-refractivity contribution in [3.05, 3.63) is 52.5 Å². The second kappa shape index (κ2) is 8.28. The van der Waals surface area contributed by atoms with Gasteiger partial charge < -0.3 is 5.32 Å². The first-order chi connectivity index (χ1) is 12.5. The fourth-order valence-electron chi connectivity index (χ4n) is 3.12. The molecule has 1 saturated heterocycles. The summed E-state index contributed by atoms with van der Waals surface area (Å²) in [5.74, 6) is -0.642. The molecule has 0 bridgehead atoms. The number of benzene rings is 1. The summed E-state index contributed by atoms with van der Waals surface area (Å²) in [6.45, 7) is 0.830. The van der Waals surface area contributed by atoms with Crippen LogP contribution in [0.5, 0.6) is 0 Å². The molecule has 2 heterocycles. The van der Waals surface area contributed by atoms with Crippen molar-refractivity contribution >= 4 is 27.3 Å². The second-order valence-electron chi connectivity index (χ2n) is 6.28. The summed E-state index contributed by atoms with van der Waals surface area (Å²) in [5.41, 5.74) is 0. The van der Waals surface area contributed by atoms with Crippen LogP contribution in [0.1, 0.15) is 30.6 Å². The Kier molecular flexibility index (Phi) is 6.05. The minimum Gasteiger partial charge on any atom is -0.351 e. The molecule has 0 spiro atoms. The first-order valence-corrected chi connectivity index (χ1v) is 10.9. The van der Waals surface area contributed by atoms with Gasteiger partial charge in [0.2, 0.25) is 15.9 Å². The summed E-state index contributed by atoms with van der Waals surface area (Å²) < 4.78 is 40.3. The fraction of sp³-hybridized carbons (Fsp3) is 0.389. The van der Waals surface area contributed by atoms with E-state index < -0.39 is 15.8 Å². The Morgan fingerprint density at radius 2 is 2.00 bits per heavy atom. The van der Waals surface area contributed by atoms with Gasteiger partial charge in [-0.25, -0.2) is 12.8 Å². The molecule has 5 nitrogen and oxygen atoms in total. The molecular formula is C18H21FN2O3S2. The number of rotatable bonds is 6. The van der Waals surface area contributed by atoms with Crippen LogP contribution < -0.4 is 5.32 Å². The molecule has 1 unspecified atom stereocenters. The SMILES string of the molecule is O=C(CC1CCCCN1S(=O)(=O)c1ccc(F)cc1)NCc1cccs1. The minimum atomic E-state index is -3.74. The van der Waals surface area contributed by atoms with Crippen molar-refractivity contribution in [3.63, 3.8) is 0 Å². The van der Waals surface area contributed by atoms with Gasteiger partial charge in [-0.15, -0.1) is 11.3 Å². The van der Waals surface area contributed by atoms with E-state index in [1.54, 1.807) is 11.3 Å². The molecule has 2 aromatic rings. The third kappa shape index (κ3) is 4.49. The number of nitrogens with one attached hydrogen (secondary N) is 1. The van der Waals surface area contributed by atoms with Crippen LogP contribution in [-0.2, 0) is 21.4 Å². The molecule has 1 aliphatic heterocycles. The van der Waals surface area contributed by atoms with Gasteiger partial charge in [-0.05, 0) is 48.6 Å². The van der Waals surface area contributed by atoms with Crippen molar-refractivity contribution in [1.29, 1.82) is 0 Å². The fourth-order valence-corrected chi connectivity index (χ4v) is 5.46. The van der Waals surface area contributed by atoms with Crippen molar-refractivity contribution in [2.75, 3.05) is 6.54 Å². The number of halogens is 1. The molecule has 0 saturated carbocycles. The maximum Gasteiger partial charge on any atom is 0.243 e. The third-order valence-electron chi connectivity index (χ3n) is 4.45. The highest BCUT2D eigenvalue weighted by molar-refractivity contribution is 7.89. The zero-order valence-electron chi connectivity index (χ0n) is 14.2. The first kappa shape index (κ1) is 19.0. The Balaban J connectivity index is 1.68. The van der Waals surface area contributed by atoms with Crippen molar-refractivity contribution in [3.8, 4) is 0 Å². The Labute approximate surface area is 156 Å². The van der Waals surface area contributed by atoms with Crippen LogP contribution in [0.2, 0.25) is 0 Å². The van der Waals surface area contributed by atoms with E-state index in [1.165, 1.54) is 16.4 Å². The third-order valence-corrected chi connectivity index (χ3v) is 7.30. The van der Waals surface area contributed by atoms with Crippen molar-refractivity contribution in [2.24, 2.45) is 0 Å². The van der Waals surface area contributed by atoms with Crippen LogP contribution in [0.25, 0.3) is 0 Å². The van der Waals surface area contributed by atoms with Crippen LogP contribution in [0.15, 0.2) is 46.7 Å². The van der Waals surface area contributed by atoms with Gasteiger partial charge in [-0.2, -0.15) is 4.31 Å². The molecule has 0 aliphatic carbocycles. The standard InChI is InChI=1S/C18H21FN2O3S2/c19-14-6-8-17(9-7-14)26(23,24)21-10-2-1-4-15(21)12-18(22)20-13-16-5-3-11-25-16/h3,5-9,11,15H,1-2,4,10,12-13H2,(H,20,22). The average molecular weight is 397 g/mol. The molecule has 0 radical (unpaired) electrons. The molecule has 1 N–H and O–H groups in total. The van der Waals surface area contributed by atoms with Crippen LogP contribution >= 0.6 is 11.3 Å². The number of amides is 1. The first-order valence-electron chi connectivity index (χ1n) is 8.53. The number of hydrogen-bond acceptors (Lipinski definition) is 4. The number of nitrogens with zero attached hydrogens (tertiary/aromatic N) is 1. The molecule has 140 valence electrons. The summed E-state index contributed by atoms with van der Waals surface area (Å²) in [6.07, 6.45) is 2.42. The predicted molar refractivity (Wildman–Crippen MR) is 98.7 cm³/mol. The number of carbonyl (C=O) groups excluding carboxylic acids is 1. The molecule has 8 heteroatoms. The van der Waals surface area contributed by atoms with E-state index >= 15 is 0 Å². The van der Waals surface area contributed by atoms with Gasteiger partial charge in [0, 0.05) is 23.9 Å². The van der Waals surface area contributed by atoms with Gasteiger partial charge in [-0.3, -0.25) is 4.79 Å². The molecule has 1 amide bonds. The number of sulfonamides is 1. The number of thiophene rings is 1. The molecule has 26 heavy (non-hydrogen) atoms. The average Bonchev–Trinajstić information content (AvgIpc) is 3.14. The Bertz CT molecular complexity index is 836. The van der Waals surface area contributed by atoms with Gasteiger partial charge in [0.05, 0.1) is 11.4 Å². The summed E-state index contributed by atoms with van der Waals surface area (Å²) in [5, 5.41) is 4.80. The molecule has 1 atom stereocenters. The van der Waals surface area contributed by atoms with E-state index in [-0.39, 0.29) is 23.3 Å². The topological polar surface area (TPSA) is 66.5 Å². The zero-order valence-corrected chi connectivity index (χ0v) is 15.9. The van der Waals surface area contributed by atoms with Gasteiger partial charge in [0.15, 0.2) is 0 Å². The summed E-state index contributed by atoms with van der Waals surface area (Å²) in [4.78, 5) is 13.4. The van der Waals surface area contributed by atoms with Gasteiger partial charge in [-0.1, -0.05) is 12.5 Å². The Morgan fingerprint density at radius 1 is 1.23 bits per heavy atom. The highest BCUT2D eigenvalue weighted by Crippen LogP contribution is 2.27. The monoisotopic (exact) mass is 396 g/mol. The molecule has 1 aromatic carbocycles. The van der Waals surface area contributed by atoms with E-state index in [0.29, 0.717) is 19.5 Å². The zero-order chi connectivity index (χ0) is 18.6. The second-order valence-corrected chi connectivity index (χ2v) is 9.20. The van der Waals surface area contributed by atoms with Crippen LogP contribution in [-0.4, -0.2) is 31.2 Å². The largest absolute Gasteiger partial charge is 0.351 e. The van der Waals surface area contributed by atoms with Gasteiger partial charge in [0.25, 0.3) is 0 Å². The maximum atomic E-state index is 13.1. The van der Waals surface area contributed by atoms with E-state index in [1.807, 2.05) is 17.5 Å². The van der Waals surface area contributed by atoms with Crippen LogP contribution in [0.3, 0.4) is 0 Å². The van der Waals surface area contributed by atoms with Crippen LogP contribution in [0.4, 0.5) is 4.39 Å². The predicted octanol–water partition coefficient (Wildman–Crippen LogP) is 3.14. The number of hydrogen-bond donors (Lipinski definition) is 1. The lowest BCUT2D eigenvalue weighted by molar-refractivity contribution is -0.122. The van der Waals surface area contributed by atoms with E-state index in [4.69, 9.17) is 0 Å². The molecular weight excluding hydrogens is 375 g/mol.